The Bertz CT molecular complexity index is 486. The Morgan fingerprint density at radius 2 is 2.14 bits per heavy atom. The lowest BCUT2D eigenvalue weighted by atomic mass is 9.84. The number of anilines is 1. The molecule has 1 aliphatic carbocycles. The minimum Gasteiger partial charge on any atom is -0.370 e. The van der Waals surface area contributed by atoms with Crippen LogP contribution in [0.3, 0.4) is 0 Å². The van der Waals surface area contributed by atoms with Crippen LogP contribution in [0.1, 0.15) is 56.3 Å². The molecule has 0 saturated heterocycles. The van der Waals surface area contributed by atoms with Crippen LogP contribution in [0.25, 0.3) is 0 Å². The first-order valence-corrected chi connectivity index (χ1v) is 8.20. The molecule has 2 rings (SSSR count). The molecule has 0 radical (unpaired) electrons. The van der Waals surface area contributed by atoms with Crippen molar-refractivity contribution in [1.82, 2.24) is 10.3 Å². The van der Waals surface area contributed by atoms with Gasteiger partial charge in [0.15, 0.2) is 0 Å². The number of aromatic nitrogens is 1. The summed E-state index contributed by atoms with van der Waals surface area (Å²) in [5, 5.41) is 6.59. The lowest BCUT2D eigenvalue weighted by molar-refractivity contribution is 0.0919. The van der Waals surface area contributed by atoms with Crippen molar-refractivity contribution >= 4 is 23.3 Å². The van der Waals surface area contributed by atoms with E-state index in [2.05, 4.69) is 22.5 Å². The lowest BCUT2D eigenvalue weighted by Crippen LogP contribution is -2.39. The third-order valence-electron chi connectivity index (χ3n) is 4.17. The lowest BCUT2D eigenvalue weighted by Gasteiger charge is -2.28. The highest BCUT2D eigenvalue weighted by Gasteiger charge is 2.22. The van der Waals surface area contributed by atoms with Crippen LogP contribution in [0.15, 0.2) is 12.3 Å². The monoisotopic (exact) mass is 309 g/mol. The Kier molecular flexibility index (Phi) is 5.85. The molecule has 0 aliphatic heterocycles. The molecule has 1 saturated carbocycles. The van der Waals surface area contributed by atoms with Crippen molar-refractivity contribution in [2.75, 3.05) is 11.9 Å². The normalized spacial score (nSPS) is 17.3. The number of halogens is 1. The van der Waals surface area contributed by atoms with Crippen molar-refractivity contribution in [3.05, 3.63) is 22.8 Å². The topological polar surface area (TPSA) is 54.0 Å². The highest BCUT2D eigenvalue weighted by Crippen LogP contribution is 2.27. The van der Waals surface area contributed by atoms with Gasteiger partial charge in [0.1, 0.15) is 5.82 Å². The summed E-state index contributed by atoms with van der Waals surface area (Å²) in [4.78, 5) is 16.6. The molecule has 0 spiro atoms. The average Bonchev–Trinajstić information content (AvgIpc) is 2.50. The smallest absolute Gasteiger partial charge is 0.253 e. The van der Waals surface area contributed by atoms with E-state index in [1.165, 1.54) is 38.3 Å². The van der Waals surface area contributed by atoms with Gasteiger partial charge in [-0.3, -0.25) is 4.79 Å². The van der Waals surface area contributed by atoms with Gasteiger partial charge in [0, 0.05) is 18.8 Å². The van der Waals surface area contributed by atoms with E-state index in [4.69, 9.17) is 11.6 Å². The molecule has 0 bridgehead atoms. The Hall–Kier alpha value is -1.29. The van der Waals surface area contributed by atoms with Gasteiger partial charge in [0.05, 0.1) is 10.6 Å². The van der Waals surface area contributed by atoms with Crippen LogP contribution >= 0.6 is 11.6 Å². The molecule has 0 aromatic carbocycles. The minimum atomic E-state index is -0.111. The van der Waals surface area contributed by atoms with E-state index in [1.807, 2.05) is 6.92 Å². The highest BCUT2D eigenvalue weighted by molar-refractivity contribution is 6.33. The van der Waals surface area contributed by atoms with Gasteiger partial charge >= 0.3 is 0 Å². The SMILES string of the molecule is CCNc1cc(C(=O)NC(C)C2CCCCC2)c(Cl)cn1. The minimum absolute atomic E-state index is 0.111. The Labute approximate surface area is 131 Å². The van der Waals surface area contributed by atoms with Gasteiger partial charge in [-0.1, -0.05) is 30.9 Å². The molecule has 1 unspecified atom stereocenters. The molecule has 21 heavy (non-hydrogen) atoms. The molecule has 1 aliphatic rings. The fourth-order valence-corrected chi connectivity index (χ4v) is 3.12. The van der Waals surface area contributed by atoms with Crippen LogP contribution in [0.4, 0.5) is 5.82 Å². The predicted molar refractivity (Wildman–Crippen MR) is 86.9 cm³/mol. The first kappa shape index (κ1) is 16.1. The van der Waals surface area contributed by atoms with Crippen LogP contribution in [0.2, 0.25) is 5.02 Å². The standard InChI is InChI=1S/C16H24ClN3O/c1-3-18-15-9-13(14(17)10-19-15)16(21)20-11(2)12-7-5-4-6-8-12/h9-12H,3-8H2,1-2H3,(H,18,19)(H,20,21). The number of rotatable bonds is 5. The summed E-state index contributed by atoms with van der Waals surface area (Å²) in [6.45, 7) is 4.84. The van der Waals surface area contributed by atoms with Crippen LogP contribution in [0.5, 0.6) is 0 Å². The van der Waals surface area contributed by atoms with Crippen molar-refractivity contribution in [2.24, 2.45) is 5.92 Å². The summed E-state index contributed by atoms with van der Waals surface area (Å²) in [7, 11) is 0. The predicted octanol–water partition coefficient (Wildman–Crippen LogP) is 3.87. The number of hydrogen-bond acceptors (Lipinski definition) is 3. The Morgan fingerprint density at radius 3 is 2.81 bits per heavy atom. The molecule has 1 aromatic rings. The number of carbonyl (C=O) groups excluding carboxylic acids is 1. The average molecular weight is 310 g/mol. The zero-order chi connectivity index (χ0) is 15.2. The number of pyridine rings is 1. The number of amides is 1. The van der Waals surface area contributed by atoms with Crippen molar-refractivity contribution in [3.8, 4) is 0 Å². The molecule has 5 heteroatoms. The van der Waals surface area contributed by atoms with Crippen LogP contribution < -0.4 is 10.6 Å². The van der Waals surface area contributed by atoms with E-state index in [0.717, 1.165) is 6.54 Å². The van der Waals surface area contributed by atoms with Gasteiger partial charge in [0.2, 0.25) is 0 Å². The van der Waals surface area contributed by atoms with Gasteiger partial charge < -0.3 is 10.6 Å². The number of nitrogens with zero attached hydrogens (tertiary/aromatic N) is 1. The molecule has 4 nitrogen and oxygen atoms in total. The largest absolute Gasteiger partial charge is 0.370 e. The van der Waals surface area contributed by atoms with Gasteiger partial charge in [-0.15, -0.1) is 0 Å². The van der Waals surface area contributed by atoms with Crippen molar-refractivity contribution in [1.29, 1.82) is 0 Å². The highest BCUT2D eigenvalue weighted by atomic mass is 35.5. The van der Waals surface area contributed by atoms with E-state index < -0.39 is 0 Å². The number of carbonyl (C=O) groups is 1. The number of hydrogen-bond donors (Lipinski definition) is 2. The van der Waals surface area contributed by atoms with Gasteiger partial charge in [0.25, 0.3) is 5.91 Å². The zero-order valence-electron chi connectivity index (χ0n) is 12.8. The molecular weight excluding hydrogens is 286 g/mol. The molecule has 1 amide bonds. The first-order valence-electron chi connectivity index (χ1n) is 7.82. The maximum atomic E-state index is 12.4. The zero-order valence-corrected chi connectivity index (χ0v) is 13.5. The fourth-order valence-electron chi connectivity index (χ4n) is 2.93. The fraction of sp³-hybridized carbons (Fsp3) is 0.625. The molecule has 1 heterocycles. The Morgan fingerprint density at radius 1 is 1.43 bits per heavy atom. The summed E-state index contributed by atoms with van der Waals surface area (Å²) in [5.74, 6) is 1.15. The van der Waals surface area contributed by atoms with Gasteiger partial charge in [-0.2, -0.15) is 0 Å². The molecule has 1 atom stereocenters. The van der Waals surface area contributed by atoms with Crippen molar-refractivity contribution in [2.45, 2.75) is 52.0 Å². The summed E-state index contributed by atoms with van der Waals surface area (Å²) in [6.07, 6.45) is 7.79. The molecule has 1 fully saturated rings. The molecule has 1 aromatic heterocycles. The molecular formula is C16H24ClN3O. The number of nitrogens with one attached hydrogen (secondary N) is 2. The van der Waals surface area contributed by atoms with Crippen LogP contribution in [-0.2, 0) is 0 Å². The van der Waals surface area contributed by atoms with Crippen LogP contribution in [0, 0.1) is 5.92 Å². The van der Waals surface area contributed by atoms with Crippen molar-refractivity contribution < 1.29 is 4.79 Å². The maximum absolute atomic E-state index is 12.4. The van der Waals surface area contributed by atoms with E-state index in [1.54, 1.807) is 6.07 Å². The van der Waals surface area contributed by atoms with E-state index in [9.17, 15) is 4.79 Å². The van der Waals surface area contributed by atoms with Crippen molar-refractivity contribution in [3.63, 3.8) is 0 Å². The maximum Gasteiger partial charge on any atom is 0.253 e. The third kappa shape index (κ3) is 4.34. The van der Waals surface area contributed by atoms with Gasteiger partial charge in [-0.05, 0) is 38.7 Å². The van der Waals surface area contributed by atoms with E-state index in [0.29, 0.717) is 22.3 Å². The van der Waals surface area contributed by atoms with E-state index >= 15 is 0 Å². The van der Waals surface area contributed by atoms with E-state index in [-0.39, 0.29) is 11.9 Å². The third-order valence-corrected chi connectivity index (χ3v) is 4.47. The molecule has 2 N–H and O–H groups in total. The summed E-state index contributed by atoms with van der Waals surface area (Å²) in [6, 6.07) is 1.90. The second-order valence-corrected chi connectivity index (χ2v) is 6.15. The van der Waals surface area contributed by atoms with Gasteiger partial charge in [-0.25, -0.2) is 4.98 Å². The van der Waals surface area contributed by atoms with Crippen LogP contribution in [-0.4, -0.2) is 23.5 Å². The Balaban J connectivity index is 2.03. The summed E-state index contributed by atoms with van der Waals surface area (Å²) >= 11 is 6.11. The second kappa shape index (κ2) is 7.64. The quantitative estimate of drug-likeness (QED) is 0.868. The molecule has 116 valence electrons. The summed E-state index contributed by atoms with van der Waals surface area (Å²) < 4.78 is 0. The summed E-state index contributed by atoms with van der Waals surface area (Å²) in [5.41, 5.74) is 0.491. The second-order valence-electron chi connectivity index (χ2n) is 5.74. The first-order chi connectivity index (χ1) is 10.1.